The van der Waals surface area contributed by atoms with E-state index in [0.29, 0.717) is 26.2 Å². The van der Waals surface area contributed by atoms with E-state index in [0.717, 1.165) is 6.07 Å². The van der Waals surface area contributed by atoms with Crippen LogP contribution in [0.1, 0.15) is 16.1 Å². The number of hydrogen-bond donors (Lipinski definition) is 1. The van der Waals surface area contributed by atoms with Crippen LogP contribution in [0.5, 0.6) is 0 Å². The van der Waals surface area contributed by atoms with Crippen molar-refractivity contribution in [2.75, 3.05) is 38.0 Å². The molecule has 0 aliphatic carbocycles. The summed E-state index contributed by atoms with van der Waals surface area (Å²) in [5, 5.41) is 2.32. The van der Waals surface area contributed by atoms with Crippen molar-refractivity contribution in [3.63, 3.8) is 0 Å². The van der Waals surface area contributed by atoms with Gasteiger partial charge in [0.2, 0.25) is 5.91 Å². The Hall–Kier alpha value is -3.66. The highest BCUT2D eigenvalue weighted by Gasteiger charge is 2.34. The zero-order valence-electron chi connectivity index (χ0n) is 17.9. The first kappa shape index (κ1) is 23.5. The topological polar surface area (TPSA) is 65.8 Å². The number of furan rings is 1. The Morgan fingerprint density at radius 3 is 2.29 bits per heavy atom. The number of hydrogen-bond acceptors (Lipinski definition) is 4. The number of alkyl halides is 3. The Balaban J connectivity index is 1.31. The summed E-state index contributed by atoms with van der Waals surface area (Å²) >= 11 is 0. The Morgan fingerprint density at radius 2 is 1.59 bits per heavy atom. The van der Waals surface area contributed by atoms with E-state index < -0.39 is 23.5 Å². The lowest BCUT2D eigenvalue weighted by molar-refractivity contribution is -0.137. The molecule has 2 heterocycles. The van der Waals surface area contributed by atoms with Crippen LogP contribution in [0.3, 0.4) is 0 Å². The number of amides is 2. The lowest BCUT2D eigenvalue weighted by Crippen LogP contribution is -2.50. The minimum Gasteiger partial charge on any atom is -0.451 e. The SMILES string of the molecule is O=C(CN1CCN(C(=O)c2ccc(-c3ccccc3F)o2)CC1)Nc1ccccc1C(F)(F)F. The van der Waals surface area contributed by atoms with Crippen LogP contribution in [-0.4, -0.2) is 54.3 Å². The van der Waals surface area contributed by atoms with Crippen molar-refractivity contribution in [2.45, 2.75) is 6.18 Å². The minimum absolute atomic E-state index is 0.0770. The van der Waals surface area contributed by atoms with Gasteiger partial charge in [-0.2, -0.15) is 13.2 Å². The molecule has 178 valence electrons. The van der Waals surface area contributed by atoms with Crippen LogP contribution >= 0.6 is 0 Å². The summed E-state index contributed by atoms with van der Waals surface area (Å²) in [6.45, 7) is 1.23. The van der Waals surface area contributed by atoms with Gasteiger partial charge in [0.05, 0.1) is 23.4 Å². The molecule has 0 atom stereocenters. The van der Waals surface area contributed by atoms with E-state index in [2.05, 4.69) is 5.32 Å². The van der Waals surface area contributed by atoms with Gasteiger partial charge in [-0.25, -0.2) is 4.39 Å². The second-order valence-corrected chi connectivity index (χ2v) is 7.80. The Kier molecular flexibility index (Phi) is 6.69. The van der Waals surface area contributed by atoms with Gasteiger partial charge in [0, 0.05) is 26.2 Å². The third kappa shape index (κ3) is 5.28. The van der Waals surface area contributed by atoms with E-state index in [-0.39, 0.29) is 35.2 Å². The molecular weight excluding hydrogens is 454 g/mol. The van der Waals surface area contributed by atoms with E-state index in [4.69, 9.17) is 4.42 Å². The van der Waals surface area contributed by atoms with Gasteiger partial charge in [-0.05, 0) is 36.4 Å². The lowest BCUT2D eigenvalue weighted by atomic mass is 10.1. The third-order valence-electron chi connectivity index (χ3n) is 5.49. The Morgan fingerprint density at radius 1 is 0.912 bits per heavy atom. The monoisotopic (exact) mass is 475 g/mol. The van der Waals surface area contributed by atoms with Gasteiger partial charge in [-0.3, -0.25) is 14.5 Å². The molecule has 0 radical (unpaired) electrons. The summed E-state index contributed by atoms with van der Waals surface area (Å²) in [4.78, 5) is 28.4. The van der Waals surface area contributed by atoms with Gasteiger partial charge in [-0.1, -0.05) is 24.3 Å². The van der Waals surface area contributed by atoms with Crippen molar-refractivity contribution in [1.29, 1.82) is 0 Å². The standard InChI is InChI=1S/C24H21F4N3O3/c25-18-7-3-1-5-16(18)20-9-10-21(34-20)23(33)31-13-11-30(12-14-31)15-22(32)29-19-8-4-2-6-17(19)24(26,27)28/h1-10H,11-15H2,(H,29,32). The van der Waals surface area contributed by atoms with Gasteiger partial charge >= 0.3 is 6.18 Å². The average Bonchev–Trinajstić information content (AvgIpc) is 3.29. The number of piperazine rings is 1. The van der Waals surface area contributed by atoms with Gasteiger partial charge in [0.25, 0.3) is 5.91 Å². The predicted octanol–water partition coefficient (Wildman–Crippen LogP) is 4.50. The smallest absolute Gasteiger partial charge is 0.418 e. The van der Waals surface area contributed by atoms with Crippen molar-refractivity contribution in [1.82, 2.24) is 9.80 Å². The number of carbonyl (C=O) groups is 2. The van der Waals surface area contributed by atoms with Gasteiger partial charge in [0.15, 0.2) is 5.76 Å². The molecule has 1 N–H and O–H groups in total. The largest absolute Gasteiger partial charge is 0.451 e. The van der Waals surface area contributed by atoms with Crippen LogP contribution in [0.2, 0.25) is 0 Å². The van der Waals surface area contributed by atoms with Crippen LogP contribution in [0.15, 0.2) is 65.1 Å². The second kappa shape index (κ2) is 9.68. The first-order valence-corrected chi connectivity index (χ1v) is 10.5. The summed E-state index contributed by atoms with van der Waals surface area (Å²) in [6.07, 6.45) is -4.58. The highest BCUT2D eigenvalue weighted by molar-refractivity contribution is 5.93. The molecular formula is C24H21F4N3O3. The van der Waals surface area contributed by atoms with Crippen molar-refractivity contribution in [3.05, 3.63) is 77.8 Å². The number of nitrogens with one attached hydrogen (secondary N) is 1. The van der Waals surface area contributed by atoms with Crippen molar-refractivity contribution >= 4 is 17.5 Å². The molecule has 0 unspecified atom stereocenters. The molecule has 2 amide bonds. The quantitative estimate of drug-likeness (QED) is 0.552. The number of benzene rings is 2. The molecule has 1 aromatic heterocycles. The first-order valence-electron chi connectivity index (χ1n) is 10.5. The molecule has 4 rings (SSSR count). The predicted molar refractivity (Wildman–Crippen MR) is 117 cm³/mol. The van der Waals surface area contributed by atoms with E-state index >= 15 is 0 Å². The fourth-order valence-electron chi connectivity index (χ4n) is 3.76. The van der Waals surface area contributed by atoms with Crippen LogP contribution in [0, 0.1) is 5.82 Å². The fourth-order valence-corrected chi connectivity index (χ4v) is 3.76. The van der Waals surface area contributed by atoms with Crippen LogP contribution in [0.4, 0.5) is 23.2 Å². The van der Waals surface area contributed by atoms with E-state index in [1.54, 1.807) is 28.0 Å². The molecule has 10 heteroatoms. The van der Waals surface area contributed by atoms with Gasteiger partial charge in [-0.15, -0.1) is 0 Å². The van der Waals surface area contributed by atoms with Crippen molar-refractivity contribution in [2.24, 2.45) is 0 Å². The maximum atomic E-state index is 14.0. The van der Waals surface area contributed by atoms with E-state index in [1.807, 2.05) is 0 Å². The normalized spacial score (nSPS) is 14.8. The summed E-state index contributed by atoms with van der Waals surface area (Å²) in [6, 6.07) is 13.9. The molecule has 1 saturated heterocycles. The molecule has 0 saturated carbocycles. The molecule has 34 heavy (non-hydrogen) atoms. The molecule has 2 aromatic carbocycles. The summed E-state index contributed by atoms with van der Waals surface area (Å²) in [5.41, 5.74) is -0.950. The highest BCUT2D eigenvalue weighted by Crippen LogP contribution is 2.34. The fraction of sp³-hybridized carbons (Fsp3) is 0.250. The van der Waals surface area contributed by atoms with Crippen LogP contribution in [0.25, 0.3) is 11.3 Å². The minimum atomic E-state index is -4.58. The lowest BCUT2D eigenvalue weighted by Gasteiger charge is -2.33. The third-order valence-corrected chi connectivity index (χ3v) is 5.49. The zero-order valence-corrected chi connectivity index (χ0v) is 17.9. The average molecular weight is 475 g/mol. The number of rotatable bonds is 5. The maximum Gasteiger partial charge on any atom is 0.418 e. The number of halogens is 4. The van der Waals surface area contributed by atoms with Crippen molar-refractivity contribution < 1.29 is 31.6 Å². The number of nitrogens with zero attached hydrogens (tertiary/aromatic N) is 2. The number of anilines is 1. The van der Waals surface area contributed by atoms with Crippen molar-refractivity contribution in [3.8, 4) is 11.3 Å². The Labute approximate surface area is 192 Å². The molecule has 3 aromatic rings. The maximum absolute atomic E-state index is 14.0. The highest BCUT2D eigenvalue weighted by atomic mass is 19.4. The van der Waals surface area contributed by atoms with E-state index in [1.165, 1.54) is 36.4 Å². The first-order chi connectivity index (χ1) is 16.2. The summed E-state index contributed by atoms with van der Waals surface area (Å²) < 4.78 is 58.8. The zero-order chi connectivity index (χ0) is 24.3. The molecule has 1 aliphatic rings. The number of para-hydroxylation sites is 1. The van der Waals surface area contributed by atoms with Gasteiger partial charge < -0.3 is 14.6 Å². The second-order valence-electron chi connectivity index (χ2n) is 7.80. The van der Waals surface area contributed by atoms with E-state index in [9.17, 15) is 27.2 Å². The molecule has 1 aliphatic heterocycles. The summed E-state index contributed by atoms with van der Waals surface area (Å²) in [7, 11) is 0. The van der Waals surface area contributed by atoms with Crippen LogP contribution < -0.4 is 5.32 Å². The van der Waals surface area contributed by atoms with Crippen LogP contribution in [-0.2, 0) is 11.0 Å². The summed E-state index contributed by atoms with van der Waals surface area (Å²) in [5.74, 6) is -1.06. The molecule has 6 nitrogen and oxygen atoms in total. The van der Waals surface area contributed by atoms with Gasteiger partial charge in [0.1, 0.15) is 11.6 Å². The Bertz CT molecular complexity index is 1180. The molecule has 1 fully saturated rings. The molecule has 0 spiro atoms. The molecule has 0 bridgehead atoms. The number of carbonyl (C=O) groups excluding carboxylic acids is 2.